The molecule has 0 unspecified atom stereocenters. The van der Waals surface area contributed by atoms with Gasteiger partial charge in [0.1, 0.15) is 11.6 Å². The Morgan fingerprint density at radius 1 is 0.170 bits per heavy atom. The summed E-state index contributed by atoms with van der Waals surface area (Å²) in [5.41, 5.74) is 14.5. The number of aromatic nitrogens is 4. The maximum absolute atomic E-state index is 6.04. The first kappa shape index (κ1) is 59.9. The number of fused-ring (bicyclic) bond motifs is 6. The highest BCUT2D eigenvalue weighted by Gasteiger charge is 2.46. The van der Waals surface area contributed by atoms with Gasteiger partial charge in [-0.05, 0) is 122 Å². The van der Waals surface area contributed by atoms with Gasteiger partial charge in [0.05, 0.1) is 22.1 Å². The van der Waals surface area contributed by atoms with Gasteiger partial charge in [-0.15, -0.1) is 0 Å². The number of hydrogen-bond donors (Lipinski definition) is 0. The molecule has 0 aliphatic heterocycles. The summed E-state index contributed by atoms with van der Waals surface area (Å²) in [7, 11) is -7.09. The number of para-hydroxylation sites is 4. The predicted molar refractivity (Wildman–Crippen MR) is 425 cm³/mol. The van der Waals surface area contributed by atoms with Crippen LogP contribution in [0.1, 0.15) is 0 Å². The lowest BCUT2D eigenvalue weighted by Gasteiger charge is -2.38. The Labute approximate surface area is 584 Å². The van der Waals surface area contributed by atoms with Gasteiger partial charge in [-0.1, -0.05) is 358 Å². The standard InChI is InChI=1S/C94H66N4Si2/c1-7-31-67(32-8-1)69-35-27-37-71(59-69)73-39-29-49-80(61-73)99(76-41-11-3-12-42-76,77-43-13-4-14-44-77)82-63-75(94-95-92(97-88-55-23-19-51-84(88)85-52-20-24-56-89(85)97)66-93(96-94)98-90-57-25-21-53-86(90)87-54-22-26-58-91(87)98)64-83(65-82)100(78-45-15-5-16-46-78,79-47-17-6-18-48-79)81-50-30-40-74(62-81)72-38-28-36-70(60-72)68-33-9-2-10-34-68/h1-66H. The van der Waals surface area contributed by atoms with Crippen LogP contribution in [0.25, 0.3) is 111 Å². The van der Waals surface area contributed by atoms with E-state index in [1.807, 2.05) is 0 Å². The van der Waals surface area contributed by atoms with Gasteiger partial charge in [0.2, 0.25) is 0 Å². The summed E-state index contributed by atoms with van der Waals surface area (Å²) in [6.07, 6.45) is 0. The zero-order chi connectivity index (χ0) is 66.4. The van der Waals surface area contributed by atoms with Crippen molar-refractivity contribution in [3.8, 4) is 67.5 Å². The van der Waals surface area contributed by atoms with Crippen LogP contribution in [0.4, 0.5) is 0 Å². The third kappa shape index (κ3) is 10.3. The summed E-state index contributed by atoms with van der Waals surface area (Å²) in [5, 5.41) is 14.6. The van der Waals surface area contributed by atoms with E-state index in [-0.39, 0.29) is 0 Å². The van der Waals surface area contributed by atoms with Gasteiger partial charge in [-0.25, -0.2) is 9.97 Å². The third-order valence-corrected chi connectivity index (χ3v) is 29.9. The molecule has 0 saturated heterocycles. The minimum absolute atomic E-state index is 0.616. The Balaban J connectivity index is 0.992. The lowest BCUT2D eigenvalue weighted by molar-refractivity contribution is 0.994. The summed E-state index contributed by atoms with van der Waals surface area (Å²) in [4.78, 5) is 12.1. The molecular weight excluding hydrogens is 1240 g/mol. The van der Waals surface area contributed by atoms with Crippen molar-refractivity contribution in [1.29, 1.82) is 0 Å². The predicted octanol–water partition coefficient (Wildman–Crippen LogP) is 17.8. The SMILES string of the molecule is c1ccc(-c2cccc(-c3cccc([Si](c4ccccc4)(c4ccccc4)c4cc(-c5nc(-n6c7ccccc7c7ccccc76)cc(-n6c7ccccc7c7ccccc76)n5)cc([Si](c5ccccc5)(c5ccccc5)c5cccc(-c6cccc(-c7ccccc7)c6)c5)c4)c3)c2)cc1. The second-order valence-corrected chi connectivity index (χ2v) is 33.6. The van der Waals surface area contributed by atoms with E-state index >= 15 is 0 Å². The summed E-state index contributed by atoms with van der Waals surface area (Å²) < 4.78 is 4.71. The van der Waals surface area contributed by atoms with Crippen molar-refractivity contribution in [3.05, 3.63) is 400 Å². The first-order valence-electron chi connectivity index (χ1n) is 34.4. The first-order valence-corrected chi connectivity index (χ1v) is 38.4. The van der Waals surface area contributed by atoms with Crippen LogP contribution in [0.15, 0.2) is 400 Å². The number of hydrogen-bond acceptors (Lipinski definition) is 2. The molecular formula is C94H66N4Si2. The molecule has 18 aromatic rings. The molecule has 0 saturated carbocycles. The summed E-state index contributed by atoms with van der Waals surface area (Å²) in [6, 6.07) is 149. The molecule has 4 nitrogen and oxygen atoms in total. The Morgan fingerprint density at radius 3 is 0.740 bits per heavy atom. The smallest absolute Gasteiger partial charge is 0.179 e. The molecule has 100 heavy (non-hydrogen) atoms. The molecule has 6 heteroatoms. The Kier molecular flexibility index (Phi) is 15.2. The van der Waals surface area contributed by atoms with Crippen molar-refractivity contribution in [2.24, 2.45) is 0 Å². The van der Waals surface area contributed by atoms with E-state index in [1.54, 1.807) is 0 Å². The van der Waals surface area contributed by atoms with Crippen molar-refractivity contribution in [1.82, 2.24) is 19.1 Å². The zero-order valence-corrected chi connectivity index (χ0v) is 56.9. The van der Waals surface area contributed by atoms with Crippen LogP contribution in [0.5, 0.6) is 0 Å². The molecule has 470 valence electrons. The minimum Gasteiger partial charge on any atom is -0.294 e. The van der Waals surface area contributed by atoms with Crippen molar-refractivity contribution in [3.63, 3.8) is 0 Å². The number of benzene rings is 15. The lowest BCUT2D eigenvalue weighted by atomic mass is 9.99. The molecule has 0 radical (unpaired) electrons. The summed E-state index contributed by atoms with van der Waals surface area (Å²) >= 11 is 0. The normalized spacial score (nSPS) is 11.8. The molecule has 0 N–H and O–H groups in total. The van der Waals surface area contributed by atoms with Crippen LogP contribution in [0, 0.1) is 0 Å². The zero-order valence-electron chi connectivity index (χ0n) is 54.9. The minimum atomic E-state index is -3.54. The van der Waals surface area contributed by atoms with Crippen LogP contribution < -0.4 is 41.5 Å². The molecule has 3 aromatic heterocycles. The highest BCUT2D eigenvalue weighted by molar-refractivity contribution is 7.22. The Hall–Kier alpha value is -12.6. The van der Waals surface area contributed by atoms with Gasteiger partial charge in [0.25, 0.3) is 0 Å². The van der Waals surface area contributed by atoms with Gasteiger partial charge in [0, 0.05) is 33.2 Å². The number of nitrogens with zero attached hydrogens (tertiary/aromatic N) is 4. The van der Waals surface area contributed by atoms with Crippen molar-refractivity contribution in [2.75, 3.05) is 0 Å². The lowest BCUT2D eigenvalue weighted by Crippen LogP contribution is -2.78. The van der Waals surface area contributed by atoms with Gasteiger partial charge in [0.15, 0.2) is 22.0 Å². The molecule has 0 aliphatic carbocycles. The molecule has 0 fully saturated rings. The average molecular weight is 1310 g/mol. The summed E-state index contributed by atoms with van der Waals surface area (Å²) in [5.74, 6) is 2.16. The van der Waals surface area contributed by atoms with Crippen LogP contribution in [0.3, 0.4) is 0 Å². The fourth-order valence-electron chi connectivity index (χ4n) is 15.9. The van der Waals surface area contributed by atoms with Crippen LogP contribution in [-0.2, 0) is 0 Å². The molecule has 15 aromatic carbocycles. The molecule has 0 spiro atoms. The molecule has 0 aliphatic rings. The van der Waals surface area contributed by atoms with Gasteiger partial charge in [-0.2, -0.15) is 0 Å². The fraction of sp³-hybridized carbons (Fsp3) is 0. The second kappa shape index (κ2) is 25.4. The van der Waals surface area contributed by atoms with E-state index in [2.05, 4.69) is 410 Å². The van der Waals surface area contributed by atoms with Crippen LogP contribution in [-0.4, -0.2) is 35.2 Å². The van der Waals surface area contributed by atoms with E-state index < -0.39 is 16.1 Å². The summed E-state index contributed by atoms with van der Waals surface area (Å²) in [6.45, 7) is 0. The van der Waals surface area contributed by atoms with Crippen LogP contribution >= 0.6 is 0 Å². The molecule has 3 heterocycles. The topological polar surface area (TPSA) is 35.6 Å². The van der Waals surface area contributed by atoms with E-state index in [9.17, 15) is 0 Å². The van der Waals surface area contributed by atoms with Crippen LogP contribution in [0.2, 0.25) is 0 Å². The highest BCUT2D eigenvalue weighted by Crippen LogP contribution is 2.37. The van der Waals surface area contributed by atoms with Gasteiger partial charge >= 0.3 is 0 Å². The van der Waals surface area contributed by atoms with E-state index in [4.69, 9.17) is 9.97 Å². The van der Waals surface area contributed by atoms with Crippen molar-refractivity contribution in [2.45, 2.75) is 0 Å². The molecule has 0 amide bonds. The molecule has 18 rings (SSSR count). The largest absolute Gasteiger partial charge is 0.294 e. The van der Waals surface area contributed by atoms with E-state index in [0.717, 1.165) is 83.1 Å². The average Bonchev–Trinajstić information content (AvgIpc) is 0.925. The third-order valence-electron chi connectivity index (χ3n) is 20.4. The van der Waals surface area contributed by atoms with Crippen molar-refractivity contribution < 1.29 is 0 Å². The van der Waals surface area contributed by atoms with E-state index in [1.165, 1.54) is 63.7 Å². The Morgan fingerprint density at radius 2 is 0.410 bits per heavy atom. The first-order chi connectivity index (χ1) is 49.6. The number of rotatable bonds is 15. The Bertz CT molecular complexity index is 5480. The van der Waals surface area contributed by atoms with Gasteiger partial charge in [-0.3, -0.25) is 9.13 Å². The maximum Gasteiger partial charge on any atom is 0.179 e. The quantitative estimate of drug-likeness (QED) is 0.0757. The maximum atomic E-state index is 6.04. The fourth-order valence-corrected chi connectivity index (χ4v) is 25.8. The van der Waals surface area contributed by atoms with Crippen molar-refractivity contribution >= 4 is 101 Å². The van der Waals surface area contributed by atoms with E-state index in [0.29, 0.717) is 5.82 Å². The highest BCUT2D eigenvalue weighted by atomic mass is 28.3. The molecule has 0 atom stereocenters. The molecule has 0 bridgehead atoms. The monoisotopic (exact) mass is 1310 g/mol. The van der Waals surface area contributed by atoms with Gasteiger partial charge < -0.3 is 0 Å². The second-order valence-electron chi connectivity index (χ2n) is 26.0.